The van der Waals surface area contributed by atoms with Crippen LogP contribution in [0.2, 0.25) is 0 Å². The Morgan fingerprint density at radius 2 is 1.68 bits per heavy atom. The summed E-state index contributed by atoms with van der Waals surface area (Å²) in [6.45, 7) is 2.09. The third-order valence-electron chi connectivity index (χ3n) is 8.03. The van der Waals surface area contributed by atoms with Gasteiger partial charge in [-0.3, -0.25) is 14.5 Å². The molecule has 1 aromatic rings. The van der Waals surface area contributed by atoms with Crippen molar-refractivity contribution >= 4 is 30.3 Å². The van der Waals surface area contributed by atoms with E-state index in [9.17, 15) is 14.4 Å². The van der Waals surface area contributed by atoms with Gasteiger partial charge in [0.2, 0.25) is 11.8 Å². The highest BCUT2D eigenvalue weighted by Crippen LogP contribution is 2.43. The maximum atomic E-state index is 13.6. The standard InChI is InChI=1S/C30H35N3O6.ClH/c31-27(34)26(30(14-8-3-9-15-30)29(36)39-28(35)23-12-6-2-7-13-23)33-18-16-32(17-19-33)25-21-37-24(20-38-25)22-10-4-1-5-11-22;/h1-2,4,6-7,10,12-13,20-21,26H,3,5,8-9,11,14-19H2,(H2,31,34);1H. The van der Waals surface area contributed by atoms with Gasteiger partial charge >= 0.3 is 11.9 Å². The number of hydrogen-bond donors (Lipinski definition) is 1. The van der Waals surface area contributed by atoms with E-state index in [0.29, 0.717) is 50.7 Å². The van der Waals surface area contributed by atoms with Gasteiger partial charge in [-0.05, 0) is 43.4 Å². The molecular weight excluding hydrogens is 534 g/mol. The van der Waals surface area contributed by atoms with Crippen LogP contribution in [0.3, 0.4) is 0 Å². The molecular formula is C30H36ClN3O6. The van der Waals surface area contributed by atoms with Gasteiger partial charge in [-0.15, -0.1) is 12.4 Å². The van der Waals surface area contributed by atoms with E-state index < -0.39 is 29.3 Å². The summed E-state index contributed by atoms with van der Waals surface area (Å²) in [7, 11) is 0. The molecule has 0 aromatic heterocycles. The van der Waals surface area contributed by atoms with Crippen LogP contribution in [0.1, 0.15) is 55.3 Å². The lowest BCUT2D eigenvalue weighted by Crippen LogP contribution is -2.63. The molecule has 0 bridgehead atoms. The number of carbonyl (C=O) groups is 3. The van der Waals surface area contributed by atoms with Crippen molar-refractivity contribution in [3.63, 3.8) is 0 Å². The number of nitrogens with two attached hydrogens (primary N) is 1. The van der Waals surface area contributed by atoms with Crippen LogP contribution in [-0.2, 0) is 23.8 Å². The largest absolute Gasteiger partial charge is 0.456 e. The first-order valence-corrected chi connectivity index (χ1v) is 13.7. The topological polar surface area (TPSA) is 111 Å². The summed E-state index contributed by atoms with van der Waals surface area (Å²) in [6, 6.07) is 7.53. The molecule has 5 rings (SSSR count). The van der Waals surface area contributed by atoms with Crippen molar-refractivity contribution in [1.82, 2.24) is 9.80 Å². The molecule has 2 aliphatic carbocycles. The molecule has 1 aromatic carbocycles. The summed E-state index contributed by atoms with van der Waals surface area (Å²) in [5, 5.41) is 0. The van der Waals surface area contributed by atoms with Crippen LogP contribution < -0.4 is 5.73 Å². The van der Waals surface area contributed by atoms with Gasteiger partial charge in [0.15, 0.2) is 12.0 Å². The fourth-order valence-corrected chi connectivity index (χ4v) is 5.98. The molecule has 2 N–H and O–H groups in total. The SMILES string of the molecule is Cl.NC(=O)C(N1CCN(C2=COC(C3=CC=CCC3)=CO2)CC1)C1(C(=O)OC(=O)c2ccccc2)CCCCC1. The number of amides is 1. The fourth-order valence-electron chi connectivity index (χ4n) is 5.98. The maximum Gasteiger partial charge on any atom is 0.345 e. The van der Waals surface area contributed by atoms with Crippen molar-refractivity contribution in [2.75, 3.05) is 26.2 Å². The normalized spacial score (nSPS) is 21.3. The maximum absolute atomic E-state index is 13.6. The van der Waals surface area contributed by atoms with Crippen molar-refractivity contribution in [2.45, 2.75) is 51.0 Å². The number of carbonyl (C=O) groups excluding carboxylic acids is 3. The second-order valence-electron chi connectivity index (χ2n) is 10.4. The van der Waals surface area contributed by atoms with Gasteiger partial charge < -0.3 is 24.8 Å². The molecule has 1 unspecified atom stereocenters. The molecule has 1 saturated heterocycles. The van der Waals surface area contributed by atoms with E-state index in [1.807, 2.05) is 22.0 Å². The van der Waals surface area contributed by atoms with Gasteiger partial charge in [-0.2, -0.15) is 0 Å². The molecule has 40 heavy (non-hydrogen) atoms. The van der Waals surface area contributed by atoms with Gasteiger partial charge in [0.25, 0.3) is 0 Å². The lowest BCUT2D eigenvalue weighted by atomic mass is 9.68. The summed E-state index contributed by atoms with van der Waals surface area (Å²) < 4.78 is 17.2. The van der Waals surface area contributed by atoms with Crippen LogP contribution in [0.15, 0.2) is 78.3 Å². The molecule has 9 nitrogen and oxygen atoms in total. The molecule has 4 aliphatic rings. The third kappa shape index (κ3) is 6.26. The summed E-state index contributed by atoms with van der Waals surface area (Å²) in [5.74, 6) is -0.654. The van der Waals surface area contributed by atoms with Crippen molar-refractivity contribution in [1.29, 1.82) is 0 Å². The fraction of sp³-hybridized carbons (Fsp3) is 0.433. The lowest BCUT2D eigenvalue weighted by molar-refractivity contribution is -0.162. The molecule has 214 valence electrons. The molecule has 2 fully saturated rings. The summed E-state index contributed by atoms with van der Waals surface area (Å²) in [4.78, 5) is 43.3. The summed E-state index contributed by atoms with van der Waals surface area (Å²) >= 11 is 0. The van der Waals surface area contributed by atoms with Crippen molar-refractivity contribution in [3.8, 4) is 0 Å². The second-order valence-corrected chi connectivity index (χ2v) is 10.4. The number of piperazine rings is 1. The first kappa shape index (κ1) is 29.4. The number of hydrogen-bond acceptors (Lipinski definition) is 8. The number of nitrogens with zero attached hydrogens (tertiary/aromatic N) is 2. The molecule has 2 heterocycles. The highest BCUT2D eigenvalue weighted by atomic mass is 35.5. The van der Waals surface area contributed by atoms with E-state index in [2.05, 4.69) is 6.08 Å². The molecule has 1 amide bonds. The first-order chi connectivity index (χ1) is 19.0. The molecule has 1 saturated carbocycles. The minimum atomic E-state index is -1.17. The number of ether oxygens (including phenoxy) is 3. The number of halogens is 1. The van der Waals surface area contributed by atoms with Crippen LogP contribution >= 0.6 is 12.4 Å². The highest BCUT2D eigenvalue weighted by molar-refractivity contribution is 6.00. The minimum absolute atomic E-state index is 0. The summed E-state index contributed by atoms with van der Waals surface area (Å²) in [6.07, 6.45) is 14.7. The number of esters is 2. The van der Waals surface area contributed by atoms with Crippen LogP contribution in [0.4, 0.5) is 0 Å². The van der Waals surface area contributed by atoms with Gasteiger partial charge in [0.05, 0.1) is 11.0 Å². The minimum Gasteiger partial charge on any atom is -0.456 e. The van der Waals surface area contributed by atoms with Gasteiger partial charge in [-0.1, -0.05) is 55.7 Å². The van der Waals surface area contributed by atoms with Crippen LogP contribution in [-0.4, -0.2) is 59.9 Å². The predicted octanol–water partition coefficient (Wildman–Crippen LogP) is 4.18. The average Bonchev–Trinajstić information content (AvgIpc) is 2.99. The van der Waals surface area contributed by atoms with E-state index >= 15 is 0 Å². The van der Waals surface area contributed by atoms with Crippen LogP contribution in [0.5, 0.6) is 0 Å². The lowest BCUT2D eigenvalue weighted by Gasteiger charge is -2.47. The predicted molar refractivity (Wildman–Crippen MR) is 151 cm³/mol. The van der Waals surface area contributed by atoms with E-state index in [1.54, 1.807) is 42.9 Å². The van der Waals surface area contributed by atoms with E-state index in [-0.39, 0.29) is 18.0 Å². The van der Waals surface area contributed by atoms with Crippen LogP contribution in [0.25, 0.3) is 0 Å². The zero-order valence-electron chi connectivity index (χ0n) is 22.5. The number of rotatable bonds is 7. The molecule has 1 atom stereocenters. The van der Waals surface area contributed by atoms with Gasteiger partial charge in [0, 0.05) is 26.2 Å². The van der Waals surface area contributed by atoms with Gasteiger partial charge in [0.1, 0.15) is 12.3 Å². The Balaban J connectivity index is 0.00000370. The van der Waals surface area contributed by atoms with Crippen molar-refractivity contribution in [2.24, 2.45) is 11.1 Å². The Kier molecular flexibility index (Phi) is 9.71. The highest BCUT2D eigenvalue weighted by Gasteiger charge is 2.53. The van der Waals surface area contributed by atoms with Gasteiger partial charge in [-0.25, -0.2) is 4.79 Å². The smallest absolute Gasteiger partial charge is 0.345 e. The van der Waals surface area contributed by atoms with E-state index in [0.717, 1.165) is 37.7 Å². The zero-order chi connectivity index (χ0) is 27.2. The second kappa shape index (κ2) is 13.2. The molecule has 0 radical (unpaired) electrons. The molecule has 10 heteroatoms. The Labute approximate surface area is 240 Å². The molecule has 2 aliphatic heterocycles. The number of primary amides is 1. The number of benzene rings is 1. The Hall–Kier alpha value is -3.56. The zero-order valence-corrected chi connectivity index (χ0v) is 23.3. The Morgan fingerprint density at radius 3 is 2.27 bits per heavy atom. The number of allylic oxidation sites excluding steroid dienone is 4. The third-order valence-corrected chi connectivity index (χ3v) is 8.03. The monoisotopic (exact) mass is 569 g/mol. The Bertz CT molecular complexity index is 1210. The molecule has 0 spiro atoms. The van der Waals surface area contributed by atoms with E-state index in [1.165, 1.54) is 0 Å². The summed E-state index contributed by atoms with van der Waals surface area (Å²) in [5.41, 5.74) is 6.18. The van der Waals surface area contributed by atoms with Crippen molar-refractivity contribution in [3.05, 3.63) is 83.9 Å². The van der Waals surface area contributed by atoms with E-state index in [4.69, 9.17) is 19.9 Å². The average molecular weight is 570 g/mol. The van der Waals surface area contributed by atoms with Crippen molar-refractivity contribution < 1.29 is 28.6 Å². The quantitative estimate of drug-likeness (QED) is 0.384. The Morgan fingerprint density at radius 1 is 0.950 bits per heavy atom. The van der Waals surface area contributed by atoms with Crippen LogP contribution in [0, 0.1) is 5.41 Å². The first-order valence-electron chi connectivity index (χ1n) is 13.7.